The predicted molar refractivity (Wildman–Crippen MR) is 183 cm³/mol. The minimum atomic E-state index is -4.26. The molecule has 4 aromatic rings. The molecule has 0 bridgehead atoms. The first kappa shape index (κ1) is 34.8. The maximum Gasteiger partial charge on any atom is 0.264 e. The number of methoxy groups -OCH3 is 1. The van der Waals surface area contributed by atoms with Crippen LogP contribution in [0.3, 0.4) is 0 Å². The second-order valence-electron chi connectivity index (χ2n) is 10.8. The highest BCUT2D eigenvalue weighted by molar-refractivity contribution is 7.92. The van der Waals surface area contributed by atoms with Gasteiger partial charge in [-0.1, -0.05) is 72.6 Å². The summed E-state index contributed by atoms with van der Waals surface area (Å²) in [5.41, 5.74) is 1.81. The van der Waals surface area contributed by atoms with Crippen LogP contribution < -0.4 is 14.4 Å². The summed E-state index contributed by atoms with van der Waals surface area (Å²) >= 11 is 12.3. The Morgan fingerprint density at radius 1 is 0.826 bits per heavy atom. The SMILES string of the molecule is CC[C@H](C)NC(=O)[C@H](Cc1ccccc1)N(Cc1ccc(Cl)cc1)C(=O)CN(c1ccc(Cl)cc1)S(=O)(=O)c1ccc(OC)cc1. The number of carbonyl (C=O) groups excluding carboxylic acids is 2. The van der Waals surface area contributed by atoms with Gasteiger partial charge in [0, 0.05) is 29.1 Å². The van der Waals surface area contributed by atoms with Gasteiger partial charge < -0.3 is 15.0 Å². The van der Waals surface area contributed by atoms with Crippen molar-refractivity contribution in [2.24, 2.45) is 0 Å². The van der Waals surface area contributed by atoms with Crippen molar-refractivity contribution in [2.75, 3.05) is 18.0 Å². The summed E-state index contributed by atoms with van der Waals surface area (Å²) < 4.78 is 34.5. The smallest absolute Gasteiger partial charge is 0.264 e. The van der Waals surface area contributed by atoms with Crippen molar-refractivity contribution in [3.8, 4) is 5.75 Å². The van der Waals surface area contributed by atoms with E-state index in [9.17, 15) is 18.0 Å². The molecule has 242 valence electrons. The van der Waals surface area contributed by atoms with Gasteiger partial charge in [-0.2, -0.15) is 0 Å². The molecule has 0 aliphatic carbocycles. The molecule has 0 aliphatic heterocycles. The number of nitrogens with zero attached hydrogens (tertiary/aromatic N) is 2. The number of nitrogens with one attached hydrogen (secondary N) is 1. The third-order valence-electron chi connectivity index (χ3n) is 7.58. The average molecular weight is 683 g/mol. The molecule has 4 rings (SSSR count). The molecule has 2 atom stereocenters. The van der Waals surface area contributed by atoms with E-state index < -0.39 is 28.5 Å². The molecular formula is C35H37Cl2N3O5S. The number of ether oxygens (including phenoxy) is 1. The summed E-state index contributed by atoms with van der Waals surface area (Å²) in [6.07, 6.45) is 0.911. The maximum absolute atomic E-state index is 14.5. The van der Waals surface area contributed by atoms with E-state index in [-0.39, 0.29) is 35.5 Å². The lowest BCUT2D eigenvalue weighted by Crippen LogP contribution is -2.54. The molecule has 8 nitrogen and oxygen atoms in total. The molecule has 4 aromatic carbocycles. The van der Waals surface area contributed by atoms with Crippen LogP contribution >= 0.6 is 23.2 Å². The quantitative estimate of drug-likeness (QED) is 0.159. The lowest BCUT2D eigenvalue weighted by molar-refractivity contribution is -0.140. The lowest BCUT2D eigenvalue weighted by Gasteiger charge is -2.34. The van der Waals surface area contributed by atoms with E-state index in [0.29, 0.717) is 22.2 Å². The van der Waals surface area contributed by atoms with Crippen LogP contribution in [0.15, 0.2) is 108 Å². The highest BCUT2D eigenvalue weighted by Gasteiger charge is 2.35. The van der Waals surface area contributed by atoms with Crippen LogP contribution in [0.2, 0.25) is 10.0 Å². The fraction of sp³-hybridized carbons (Fsp3) is 0.257. The monoisotopic (exact) mass is 681 g/mol. The van der Waals surface area contributed by atoms with Gasteiger partial charge in [0.05, 0.1) is 17.7 Å². The van der Waals surface area contributed by atoms with Crippen molar-refractivity contribution >= 4 is 50.7 Å². The number of hydrogen-bond donors (Lipinski definition) is 1. The number of anilines is 1. The van der Waals surface area contributed by atoms with Crippen LogP contribution in [-0.4, -0.2) is 50.9 Å². The Kier molecular flexibility index (Phi) is 12.1. The van der Waals surface area contributed by atoms with Gasteiger partial charge >= 0.3 is 0 Å². The third kappa shape index (κ3) is 9.02. The second-order valence-corrected chi connectivity index (χ2v) is 13.6. The van der Waals surface area contributed by atoms with Gasteiger partial charge in [0.25, 0.3) is 10.0 Å². The van der Waals surface area contributed by atoms with Crippen molar-refractivity contribution < 1.29 is 22.7 Å². The maximum atomic E-state index is 14.5. The summed E-state index contributed by atoms with van der Waals surface area (Å²) in [5, 5.41) is 3.96. The summed E-state index contributed by atoms with van der Waals surface area (Å²) in [6.45, 7) is 3.32. The van der Waals surface area contributed by atoms with Gasteiger partial charge in [0.1, 0.15) is 18.3 Å². The zero-order chi connectivity index (χ0) is 33.3. The molecule has 0 saturated heterocycles. The highest BCUT2D eigenvalue weighted by atomic mass is 35.5. The number of halogens is 2. The first-order chi connectivity index (χ1) is 22.0. The number of sulfonamides is 1. The van der Waals surface area contributed by atoms with E-state index in [1.165, 1.54) is 48.4 Å². The molecule has 1 N–H and O–H groups in total. The number of carbonyl (C=O) groups is 2. The van der Waals surface area contributed by atoms with Crippen LogP contribution in [0.4, 0.5) is 5.69 Å². The molecule has 11 heteroatoms. The van der Waals surface area contributed by atoms with Gasteiger partial charge in [-0.25, -0.2) is 8.42 Å². The van der Waals surface area contributed by atoms with Crippen LogP contribution in [0.1, 0.15) is 31.4 Å². The summed E-state index contributed by atoms with van der Waals surface area (Å²) in [6, 6.07) is 27.4. The second kappa shape index (κ2) is 16.0. The average Bonchev–Trinajstić information content (AvgIpc) is 3.06. The molecule has 0 aliphatic rings. The van der Waals surface area contributed by atoms with E-state index in [1.807, 2.05) is 44.2 Å². The van der Waals surface area contributed by atoms with Gasteiger partial charge in [-0.15, -0.1) is 0 Å². The number of benzene rings is 4. The van der Waals surface area contributed by atoms with Gasteiger partial charge in [0.15, 0.2) is 0 Å². The van der Waals surface area contributed by atoms with Gasteiger partial charge in [-0.3, -0.25) is 13.9 Å². The lowest BCUT2D eigenvalue weighted by atomic mass is 10.0. The number of amides is 2. The van der Waals surface area contributed by atoms with Crippen LogP contribution in [0.5, 0.6) is 5.75 Å². The van der Waals surface area contributed by atoms with Crippen molar-refractivity contribution in [1.29, 1.82) is 0 Å². The minimum absolute atomic E-state index is 0.0318. The topological polar surface area (TPSA) is 96.0 Å². The number of rotatable bonds is 14. The number of hydrogen-bond acceptors (Lipinski definition) is 5. The summed E-state index contributed by atoms with van der Waals surface area (Å²) in [5.74, 6) is -0.419. The zero-order valence-corrected chi connectivity index (χ0v) is 28.2. The molecule has 0 unspecified atom stereocenters. The molecule has 0 radical (unpaired) electrons. The van der Waals surface area contributed by atoms with Gasteiger partial charge in [-0.05, 0) is 85.1 Å². The largest absolute Gasteiger partial charge is 0.497 e. The Morgan fingerprint density at radius 3 is 1.98 bits per heavy atom. The molecule has 0 heterocycles. The fourth-order valence-corrected chi connectivity index (χ4v) is 6.46. The van der Waals surface area contributed by atoms with Crippen LogP contribution in [0.25, 0.3) is 0 Å². The third-order valence-corrected chi connectivity index (χ3v) is 9.87. The van der Waals surface area contributed by atoms with E-state index >= 15 is 0 Å². The Balaban J connectivity index is 1.80. The first-order valence-electron chi connectivity index (χ1n) is 14.8. The Bertz CT molecular complexity index is 1700. The highest BCUT2D eigenvalue weighted by Crippen LogP contribution is 2.27. The Morgan fingerprint density at radius 2 is 1.41 bits per heavy atom. The van der Waals surface area contributed by atoms with Crippen LogP contribution in [-0.2, 0) is 32.6 Å². The van der Waals surface area contributed by atoms with Crippen LogP contribution in [0, 0.1) is 0 Å². The minimum Gasteiger partial charge on any atom is -0.497 e. The van der Waals surface area contributed by atoms with E-state index in [0.717, 1.165) is 15.4 Å². The molecule has 2 amide bonds. The summed E-state index contributed by atoms with van der Waals surface area (Å²) in [7, 11) is -2.77. The van der Waals surface area contributed by atoms with Gasteiger partial charge in [0.2, 0.25) is 11.8 Å². The molecule has 0 spiro atoms. The first-order valence-corrected chi connectivity index (χ1v) is 17.0. The molecule has 46 heavy (non-hydrogen) atoms. The molecule has 0 aromatic heterocycles. The Labute approximate surface area is 280 Å². The van der Waals surface area contributed by atoms with E-state index in [1.54, 1.807) is 36.4 Å². The molecule has 0 saturated carbocycles. The Hall–Kier alpha value is -4.05. The van der Waals surface area contributed by atoms with Crippen molar-refractivity contribution in [2.45, 2.75) is 50.2 Å². The van der Waals surface area contributed by atoms with E-state index in [4.69, 9.17) is 27.9 Å². The van der Waals surface area contributed by atoms with E-state index in [2.05, 4.69) is 5.32 Å². The van der Waals surface area contributed by atoms with Crippen molar-refractivity contribution in [1.82, 2.24) is 10.2 Å². The standard InChI is InChI=1S/C35H37Cl2N3O5S/c1-4-25(2)38-35(42)33(22-26-8-6-5-7-9-26)39(23-27-10-12-28(36)13-11-27)34(41)24-40(30-16-14-29(37)15-17-30)46(43,44)32-20-18-31(45-3)19-21-32/h5-21,25,33H,4,22-24H2,1-3H3,(H,38,42)/t25-,33-/m0/s1. The molecule has 0 fully saturated rings. The fourth-order valence-electron chi connectivity index (χ4n) is 4.79. The van der Waals surface area contributed by atoms with Crippen molar-refractivity contribution in [3.05, 3.63) is 124 Å². The zero-order valence-electron chi connectivity index (χ0n) is 25.9. The summed E-state index contributed by atoms with van der Waals surface area (Å²) in [4.78, 5) is 29.8. The molecular weight excluding hydrogens is 645 g/mol. The normalized spacial score (nSPS) is 12.5. The predicted octanol–water partition coefficient (Wildman–Crippen LogP) is 6.75. The van der Waals surface area contributed by atoms with Crippen molar-refractivity contribution in [3.63, 3.8) is 0 Å².